The molecule has 2 heterocycles. The van der Waals surface area contributed by atoms with Gasteiger partial charge < -0.3 is 10.3 Å². The normalized spacial score (nSPS) is 17.7. The quantitative estimate of drug-likeness (QED) is 0.663. The minimum Gasteiger partial charge on any atom is -0.310 e. The van der Waals surface area contributed by atoms with Gasteiger partial charge in [-0.25, -0.2) is 4.68 Å². The van der Waals surface area contributed by atoms with Crippen molar-refractivity contribution in [2.45, 2.75) is 57.7 Å². The Bertz CT molecular complexity index is 1260. The summed E-state index contributed by atoms with van der Waals surface area (Å²) in [4.78, 5) is 16.0. The number of nitrogens with zero attached hydrogens (tertiary/aromatic N) is 2. The smallest absolute Gasteiger partial charge is 0.253 e. The first-order chi connectivity index (χ1) is 14.8. The van der Waals surface area contributed by atoms with Crippen molar-refractivity contribution in [3.05, 3.63) is 80.8 Å². The highest BCUT2D eigenvalue weighted by molar-refractivity contribution is 5.96. The summed E-state index contributed by atoms with van der Waals surface area (Å²) < 4.78 is 1.99. The van der Waals surface area contributed by atoms with Gasteiger partial charge in [-0.05, 0) is 55.2 Å². The predicted octanol–water partition coefficient (Wildman–Crippen LogP) is 3.86. The van der Waals surface area contributed by atoms with Crippen molar-refractivity contribution >= 4 is 16.6 Å². The lowest BCUT2D eigenvalue weighted by Gasteiger charge is -2.16. The Morgan fingerprint density at radius 3 is 2.70 bits per heavy atom. The van der Waals surface area contributed by atoms with Gasteiger partial charge in [0.05, 0.1) is 6.54 Å². The topological polar surface area (TPSA) is 62.7 Å². The summed E-state index contributed by atoms with van der Waals surface area (Å²) >= 11 is 0. The van der Waals surface area contributed by atoms with E-state index in [2.05, 4.69) is 52.8 Å². The van der Waals surface area contributed by atoms with Crippen LogP contribution < -0.4 is 10.9 Å². The second-order valence-corrected chi connectivity index (χ2v) is 8.80. The molecule has 5 nitrogen and oxygen atoms in total. The third-order valence-corrected chi connectivity index (χ3v) is 6.55. The third kappa shape index (κ3) is 3.14. The van der Waals surface area contributed by atoms with Gasteiger partial charge in [0.1, 0.15) is 11.3 Å². The minimum absolute atomic E-state index is 0.0606. The van der Waals surface area contributed by atoms with Gasteiger partial charge in [-0.3, -0.25) is 4.79 Å². The van der Waals surface area contributed by atoms with Gasteiger partial charge in [-0.1, -0.05) is 42.5 Å². The lowest BCUT2D eigenvalue weighted by Crippen LogP contribution is -2.20. The molecule has 152 valence electrons. The molecule has 2 aromatic heterocycles. The molecule has 0 atom stereocenters. The monoisotopic (exact) mass is 398 g/mol. The Kier molecular flexibility index (Phi) is 4.23. The van der Waals surface area contributed by atoms with Crippen molar-refractivity contribution in [2.75, 3.05) is 0 Å². The Hall–Kier alpha value is -2.92. The molecule has 1 saturated carbocycles. The fraction of sp³-hybridized carbons (Fsp3) is 0.360. The fourth-order valence-electron chi connectivity index (χ4n) is 4.72. The Balaban J connectivity index is 1.42. The van der Waals surface area contributed by atoms with Crippen molar-refractivity contribution in [2.24, 2.45) is 0 Å². The Morgan fingerprint density at radius 1 is 1.13 bits per heavy atom. The molecule has 3 aliphatic carbocycles. The zero-order valence-corrected chi connectivity index (χ0v) is 17.1. The van der Waals surface area contributed by atoms with Crippen molar-refractivity contribution in [3.63, 3.8) is 0 Å². The highest BCUT2D eigenvalue weighted by Gasteiger charge is 2.24. The molecule has 0 spiro atoms. The van der Waals surface area contributed by atoms with Crippen molar-refractivity contribution in [1.29, 1.82) is 0 Å². The second kappa shape index (κ2) is 7.10. The molecule has 30 heavy (non-hydrogen) atoms. The standard InChI is InChI=1S/C25H26N4O/c30-25-21-10-2-1-9-20(21)22-23(18-7-4-8-18)28-29(24(22)27-25)15-17-6-3-5-16(13-17)14-26-19-11-12-19/h3-8,13,19,26H,1-2,9-12,14-15H2,(H,27,30). The van der Waals surface area contributed by atoms with Gasteiger partial charge in [-0.15, -0.1) is 0 Å². The van der Waals surface area contributed by atoms with Crippen molar-refractivity contribution in [3.8, 4) is 0 Å². The number of aromatic nitrogens is 3. The number of benzene rings is 1. The second-order valence-electron chi connectivity index (χ2n) is 8.80. The molecule has 1 aromatic carbocycles. The number of rotatable bonds is 6. The lowest BCUT2D eigenvalue weighted by molar-refractivity contribution is 0.675. The first-order valence-corrected chi connectivity index (χ1v) is 11.1. The SMILES string of the molecule is O=c1[nH]c2c(c(C3=CC=C3)nn2Cc2cccc(CNC3CC3)c2)c2c1CCCC2. The van der Waals surface area contributed by atoms with E-state index in [1.54, 1.807) is 0 Å². The fourth-order valence-corrected chi connectivity index (χ4v) is 4.72. The zero-order valence-electron chi connectivity index (χ0n) is 17.1. The zero-order chi connectivity index (χ0) is 20.1. The summed E-state index contributed by atoms with van der Waals surface area (Å²) in [6, 6.07) is 9.39. The molecule has 0 amide bonds. The lowest BCUT2D eigenvalue weighted by atomic mass is 9.89. The number of nitrogens with one attached hydrogen (secondary N) is 2. The van der Waals surface area contributed by atoms with E-state index in [-0.39, 0.29) is 5.56 Å². The Labute approximate surface area is 175 Å². The molecule has 0 saturated heterocycles. The van der Waals surface area contributed by atoms with E-state index >= 15 is 0 Å². The molecule has 6 rings (SSSR count). The van der Waals surface area contributed by atoms with Crippen LogP contribution in [-0.4, -0.2) is 20.8 Å². The van der Waals surface area contributed by atoms with Crippen LogP contribution in [0.1, 0.15) is 53.6 Å². The van der Waals surface area contributed by atoms with Crippen LogP contribution in [0.3, 0.4) is 0 Å². The number of pyridine rings is 1. The van der Waals surface area contributed by atoms with Crippen LogP contribution in [0.5, 0.6) is 0 Å². The van der Waals surface area contributed by atoms with Crippen molar-refractivity contribution in [1.82, 2.24) is 20.1 Å². The van der Waals surface area contributed by atoms with Crippen LogP contribution in [-0.2, 0) is 25.9 Å². The van der Waals surface area contributed by atoms with Crippen LogP contribution in [0.4, 0.5) is 0 Å². The number of hydrogen-bond acceptors (Lipinski definition) is 3. The summed E-state index contributed by atoms with van der Waals surface area (Å²) in [7, 11) is 0. The predicted molar refractivity (Wildman–Crippen MR) is 120 cm³/mol. The van der Waals surface area contributed by atoms with Crippen LogP contribution in [0.25, 0.3) is 16.6 Å². The van der Waals surface area contributed by atoms with Gasteiger partial charge >= 0.3 is 0 Å². The number of allylic oxidation sites excluding steroid dienone is 4. The molecule has 2 N–H and O–H groups in total. The summed E-state index contributed by atoms with van der Waals surface area (Å²) in [5.41, 5.74) is 7.76. The highest BCUT2D eigenvalue weighted by Crippen LogP contribution is 2.34. The van der Waals surface area contributed by atoms with Gasteiger partial charge in [0.15, 0.2) is 0 Å². The van der Waals surface area contributed by atoms with E-state index in [0.717, 1.165) is 60.1 Å². The average molecular weight is 399 g/mol. The molecule has 0 aliphatic heterocycles. The molecule has 5 heteroatoms. The van der Waals surface area contributed by atoms with Gasteiger partial charge in [0.2, 0.25) is 0 Å². The molecule has 3 aromatic rings. The van der Waals surface area contributed by atoms with Gasteiger partial charge in [0, 0.05) is 29.1 Å². The van der Waals surface area contributed by atoms with E-state index in [1.807, 2.05) is 4.68 Å². The molecular weight excluding hydrogens is 372 g/mol. The summed E-state index contributed by atoms with van der Waals surface area (Å²) in [5, 5.41) is 9.71. The largest absolute Gasteiger partial charge is 0.310 e. The first-order valence-electron chi connectivity index (χ1n) is 11.1. The van der Waals surface area contributed by atoms with E-state index in [1.165, 1.54) is 29.5 Å². The highest BCUT2D eigenvalue weighted by atomic mass is 16.1. The van der Waals surface area contributed by atoms with E-state index in [0.29, 0.717) is 12.6 Å². The van der Waals surface area contributed by atoms with E-state index in [4.69, 9.17) is 5.10 Å². The molecule has 1 fully saturated rings. The number of fused-ring (bicyclic) bond motifs is 3. The van der Waals surface area contributed by atoms with Gasteiger partial charge in [0.25, 0.3) is 5.56 Å². The maximum atomic E-state index is 12.8. The molecule has 3 aliphatic rings. The molecule has 0 unspecified atom stereocenters. The first kappa shape index (κ1) is 17.9. The third-order valence-electron chi connectivity index (χ3n) is 6.55. The van der Waals surface area contributed by atoms with Crippen LogP contribution in [0.2, 0.25) is 0 Å². The minimum atomic E-state index is 0.0606. The number of hydrogen-bond donors (Lipinski definition) is 2. The number of aryl methyl sites for hydroxylation is 1. The van der Waals surface area contributed by atoms with Gasteiger partial charge in [-0.2, -0.15) is 5.10 Å². The number of aromatic amines is 1. The Morgan fingerprint density at radius 2 is 1.93 bits per heavy atom. The molecule has 0 bridgehead atoms. The van der Waals surface area contributed by atoms with Crippen LogP contribution in [0.15, 0.2) is 47.3 Å². The van der Waals surface area contributed by atoms with E-state index < -0.39 is 0 Å². The summed E-state index contributed by atoms with van der Waals surface area (Å²) in [6.07, 6.45) is 12.9. The summed E-state index contributed by atoms with van der Waals surface area (Å²) in [6.45, 7) is 1.56. The molecule has 0 radical (unpaired) electrons. The average Bonchev–Trinajstić information content (AvgIpc) is 3.49. The van der Waals surface area contributed by atoms with Crippen molar-refractivity contribution < 1.29 is 0 Å². The maximum absolute atomic E-state index is 12.8. The van der Waals surface area contributed by atoms with Crippen LogP contribution >= 0.6 is 0 Å². The van der Waals surface area contributed by atoms with E-state index in [9.17, 15) is 4.79 Å². The summed E-state index contributed by atoms with van der Waals surface area (Å²) in [5.74, 6) is 0. The van der Waals surface area contributed by atoms with Crippen LogP contribution in [0, 0.1) is 0 Å². The maximum Gasteiger partial charge on any atom is 0.253 e. The molecular formula is C25H26N4O. The number of H-pyrrole nitrogens is 1.